The molecule has 8 nitrogen and oxygen atoms in total. The van der Waals surface area contributed by atoms with Crippen LogP contribution in [0.2, 0.25) is 0 Å². The first-order valence-corrected chi connectivity index (χ1v) is 5.65. The van der Waals surface area contributed by atoms with E-state index in [1.165, 1.54) is 12.1 Å². The Bertz CT molecular complexity index is 604. The summed E-state index contributed by atoms with van der Waals surface area (Å²) in [5, 5.41) is 23.2. The van der Waals surface area contributed by atoms with Crippen molar-refractivity contribution in [3.63, 3.8) is 0 Å². The summed E-state index contributed by atoms with van der Waals surface area (Å²) in [6, 6.07) is 6.00. The van der Waals surface area contributed by atoms with Gasteiger partial charge < -0.3 is 4.74 Å². The number of nitro groups is 1. The fourth-order valence-corrected chi connectivity index (χ4v) is 1.32. The largest absolute Gasteiger partial charge is 0.461 e. The molecule has 1 rings (SSSR count). The van der Waals surface area contributed by atoms with Gasteiger partial charge >= 0.3 is 5.97 Å². The Kier molecular flexibility index (Phi) is 5.17. The number of nitriles is 1. The minimum atomic E-state index is -0.891. The topological polar surface area (TPSA) is 118 Å². The number of hydrazone groups is 1. The van der Waals surface area contributed by atoms with Crippen molar-refractivity contribution in [2.24, 2.45) is 5.10 Å². The van der Waals surface area contributed by atoms with Gasteiger partial charge in [-0.1, -0.05) is 6.07 Å². The van der Waals surface area contributed by atoms with Gasteiger partial charge in [0, 0.05) is 6.07 Å². The van der Waals surface area contributed by atoms with E-state index in [0.29, 0.717) is 5.56 Å². The number of carbonyl (C=O) groups is 1. The Labute approximate surface area is 114 Å². The first-order valence-electron chi connectivity index (χ1n) is 5.65. The Balaban J connectivity index is 3.02. The summed E-state index contributed by atoms with van der Waals surface area (Å²) < 4.78 is 4.61. The lowest BCUT2D eigenvalue weighted by molar-refractivity contribution is -0.384. The lowest BCUT2D eigenvalue weighted by Crippen LogP contribution is -2.17. The molecule has 8 heteroatoms. The van der Waals surface area contributed by atoms with E-state index in [4.69, 9.17) is 5.26 Å². The van der Waals surface area contributed by atoms with E-state index in [1.54, 1.807) is 26.0 Å². The maximum atomic E-state index is 11.3. The van der Waals surface area contributed by atoms with Gasteiger partial charge in [-0.15, -0.1) is 0 Å². The van der Waals surface area contributed by atoms with Crippen LogP contribution in [0.3, 0.4) is 0 Å². The lowest BCUT2D eigenvalue weighted by atomic mass is 10.2. The van der Waals surface area contributed by atoms with Gasteiger partial charge in [0.05, 0.1) is 11.5 Å². The van der Waals surface area contributed by atoms with Crippen LogP contribution in [0.25, 0.3) is 0 Å². The third-order valence-corrected chi connectivity index (χ3v) is 2.21. The molecular formula is C12H12N4O4. The standard InChI is InChI=1S/C12H12N4O4/c1-3-20-12(17)10(7-13)15-14-9-5-4-8(2)6-11(9)16(18)19/h4-6,14H,3H2,1-2H3/b15-10+. The van der Waals surface area contributed by atoms with Crippen LogP contribution in [0.15, 0.2) is 23.3 Å². The number of anilines is 1. The molecule has 0 saturated heterocycles. The van der Waals surface area contributed by atoms with Gasteiger partial charge in [-0.3, -0.25) is 15.5 Å². The molecule has 0 aliphatic rings. The molecule has 0 radical (unpaired) electrons. The maximum absolute atomic E-state index is 11.3. The van der Waals surface area contributed by atoms with Crippen LogP contribution >= 0.6 is 0 Å². The second-order valence-electron chi connectivity index (χ2n) is 3.68. The molecule has 1 N–H and O–H groups in total. The van der Waals surface area contributed by atoms with Crippen LogP contribution in [0.1, 0.15) is 12.5 Å². The summed E-state index contributed by atoms with van der Waals surface area (Å²) in [7, 11) is 0. The predicted octanol–water partition coefficient (Wildman–Crippen LogP) is 1.76. The molecule has 0 atom stereocenters. The number of aryl methyl sites for hydroxylation is 1. The zero-order valence-corrected chi connectivity index (χ0v) is 10.9. The summed E-state index contributed by atoms with van der Waals surface area (Å²) in [5.41, 5.74) is 2.41. The van der Waals surface area contributed by atoms with E-state index in [-0.39, 0.29) is 18.0 Å². The maximum Gasteiger partial charge on any atom is 0.369 e. The zero-order valence-electron chi connectivity index (χ0n) is 10.9. The van der Waals surface area contributed by atoms with Crippen LogP contribution in [-0.4, -0.2) is 23.2 Å². The quantitative estimate of drug-likeness (QED) is 0.379. The van der Waals surface area contributed by atoms with Gasteiger partial charge in [-0.2, -0.15) is 10.4 Å². The SMILES string of the molecule is CCOC(=O)/C(C#N)=N/Nc1ccc(C)cc1[N+](=O)[O-]. The highest BCUT2D eigenvalue weighted by atomic mass is 16.6. The Morgan fingerprint density at radius 2 is 2.30 bits per heavy atom. The number of esters is 1. The van der Waals surface area contributed by atoms with Crippen molar-refractivity contribution < 1.29 is 14.5 Å². The molecule has 0 aliphatic heterocycles. The number of hydrogen-bond donors (Lipinski definition) is 1. The van der Waals surface area contributed by atoms with Gasteiger partial charge in [0.15, 0.2) is 0 Å². The molecule has 0 unspecified atom stereocenters. The van der Waals surface area contributed by atoms with Crippen molar-refractivity contribution in [1.29, 1.82) is 5.26 Å². The number of hydrogen-bond acceptors (Lipinski definition) is 7. The van der Waals surface area contributed by atoms with Crippen molar-refractivity contribution >= 4 is 23.1 Å². The molecule has 20 heavy (non-hydrogen) atoms. The van der Waals surface area contributed by atoms with Crippen molar-refractivity contribution in [2.75, 3.05) is 12.0 Å². The van der Waals surface area contributed by atoms with E-state index >= 15 is 0 Å². The molecule has 0 bridgehead atoms. The molecule has 1 aromatic rings. The van der Waals surface area contributed by atoms with E-state index in [0.717, 1.165) is 0 Å². The van der Waals surface area contributed by atoms with Crippen LogP contribution in [0.4, 0.5) is 11.4 Å². The van der Waals surface area contributed by atoms with E-state index in [1.807, 2.05) is 0 Å². The summed E-state index contributed by atoms with van der Waals surface area (Å²) in [5.74, 6) is -0.891. The number of carbonyl (C=O) groups excluding carboxylic acids is 1. The number of nitrogens with zero attached hydrogens (tertiary/aromatic N) is 3. The molecule has 0 amide bonds. The van der Waals surface area contributed by atoms with Crippen molar-refractivity contribution in [1.82, 2.24) is 0 Å². The predicted molar refractivity (Wildman–Crippen MR) is 71.1 cm³/mol. The second-order valence-corrected chi connectivity index (χ2v) is 3.68. The third kappa shape index (κ3) is 3.78. The van der Waals surface area contributed by atoms with E-state index in [9.17, 15) is 14.9 Å². The van der Waals surface area contributed by atoms with Crippen molar-refractivity contribution in [3.8, 4) is 6.07 Å². The highest BCUT2D eigenvalue weighted by Crippen LogP contribution is 2.25. The molecule has 0 spiro atoms. The number of ether oxygens (including phenoxy) is 1. The number of rotatable bonds is 5. The third-order valence-electron chi connectivity index (χ3n) is 2.21. The average Bonchev–Trinajstić information content (AvgIpc) is 2.41. The highest BCUT2D eigenvalue weighted by molar-refractivity contribution is 6.43. The highest BCUT2D eigenvalue weighted by Gasteiger charge is 2.15. The summed E-state index contributed by atoms with van der Waals surface area (Å²) >= 11 is 0. The molecular weight excluding hydrogens is 264 g/mol. The fraction of sp³-hybridized carbons (Fsp3) is 0.250. The summed E-state index contributed by atoms with van der Waals surface area (Å²) in [6.45, 7) is 3.40. The van der Waals surface area contributed by atoms with Gasteiger partial charge in [0.2, 0.25) is 5.71 Å². The average molecular weight is 276 g/mol. The Morgan fingerprint density at radius 1 is 1.60 bits per heavy atom. The number of nitrogens with one attached hydrogen (secondary N) is 1. The molecule has 0 aliphatic carbocycles. The van der Waals surface area contributed by atoms with Gasteiger partial charge in [0.25, 0.3) is 5.69 Å². The molecule has 0 aromatic heterocycles. The lowest BCUT2D eigenvalue weighted by Gasteiger charge is -2.04. The fourth-order valence-electron chi connectivity index (χ4n) is 1.32. The summed E-state index contributed by atoms with van der Waals surface area (Å²) in [4.78, 5) is 21.6. The normalized spacial score (nSPS) is 10.6. The van der Waals surface area contributed by atoms with Crippen LogP contribution in [0, 0.1) is 28.4 Å². The number of benzene rings is 1. The minimum Gasteiger partial charge on any atom is -0.461 e. The van der Waals surface area contributed by atoms with Crippen LogP contribution in [-0.2, 0) is 9.53 Å². The molecule has 0 heterocycles. The molecule has 1 aromatic carbocycles. The van der Waals surface area contributed by atoms with Gasteiger partial charge in [-0.25, -0.2) is 4.79 Å². The molecule has 0 fully saturated rings. The zero-order chi connectivity index (χ0) is 15.1. The van der Waals surface area contributed by atoms with Crippen molar-refractivity contribution in [2.45, 2.75) is 13.8 Å². The first kappa shape index (κ1) is 15.1. The minimum absolute atomic E-state index is 0.0812. The number of nitro benzene ring substituents is 1. The van der Waals surface area contributed by atoms with Crippen LogP contribution < -0.4 is 5.43 Å². The Morgan fingerprint density at radius 3 is 2.85 bits per heavy atom. The van der Waals surface area contributed by atoms with E-state index in [2.05, 4.69) is 15.3 Å². The molecule has 104 valence electrons. The monoisotopic (exact) mass is 276 g/mol. The van der Waals surface area contributed by atoms with Gasteiger partial charge in [-0.05, 0) is 25.5 Å². The van der Waals surface area contributed by atoms with E-state index < -0.39 is 16.6 Å². The first-order chi connectivity index (χ1) is 9.49. The Hall–Kier alpha value is -2.95. The summed E-state index contributed by atoms with van der Waals surface area (Å²) in [6.07, 6.45) is 0. The molecule has 0 saturated carbocycles. The van der Waals surface area contributed by atoms with Crippen LogP contribution in [0.5, 0.6) is 0 Å². The van der Waals surface area contributed by atoms with Crippen molar-refractivity contribution in [3.05, 3.63) is 33.9 Å². The van der Waals surface area contributed by atoms with Gasteiger partial charge in [0.1, 0.15) is 11.8 Å². The smallest absolute Gasteiger partial charge is 0.369 e. The second kappa shape index (κ2) is 6.84.